The van der Waals surface area contributed by atoms with Crippen molar-refractivity contribution in [2.75, 3.05) is 40.3 Å². The summed E-state index contributed by atoms with van der Waals surface area (Å²) in [6.45, 7) is 3.22. The van der Waals surface area contributed by atoms with Crippen LogP contribution in [0.3, 0.4) is 0 Å². The molecule has 1 fully saturated rings. The first-order valence-electron chi connectivity index (χ1n) is 9.00. The molecular weight excluding hydrogens is 437 g/mol. The number of nitrogens with zero attached hydrogens (tertiary/aromatic N) is 5. The third kappa shape index (κ3) is 4.75. The molecule has 0 spiro atoms. The van der Waals surface area contributed by atoms with E-state index in [1.807, 2.05) is 19.4 Å². The summed E-state index contributed by atoms with van der Waals surface area (Å²) in [5.41, 5.74) is 1.25. The van der Waals surface area contributed by atoms with E-state index in [1.54, 1.807) is 9.58 Å². The van der Waals surface area contributed by atoms with Crippen molar-refractivity contribution in [3.8, 4) is 0 Å². The minimum Gasteiger partial charge on any atom is -0.336 e. The Morgan fingerprint density at radius 2 is 1.79 bits per heavy atom. The topological polar surface area (TPSA) is 78.8 Å². The average Bonchev–Trinajstić information content (AvgIpc) is 3.06. The monoisotopic (exact) mass is 459 g/mol. The van der Waals surface area contributed by atoms with E-state index in [2.05, 4.69) is 10.00 Å². The molecule has 3 rings (SSSR count). The predicted molar refractivity (Wildman–Crippen MR) is 112 cm³/mol. The van der Waals surface area contributed by atoms with Crippen LogP contribution in [0.25, 0.3) is 0 Å². The molecule has 1 aromatic carbocycles. The number of amides is 1. The second kappa shape index (κ2) is 8.61. The number of piperazine rings is 1. The van der Waals surface area contributed by atoms with Crippen LogP contribution in [0.5, 0.6) is 0 Å². The summed E-state index contributed by atoms with van der Waals surface area (Å²) in [6, 6.07) is 2.58. The van der Waals surface area contributed by atoms with Crippen LogP contribution in [0, 0.1) is 0 Å². The number of aromatic nitrogens is 2. The normalized spacial score (nSPS) is 15.9. The summed E-state index contributed by atoms with van der Waals surface area (Å²) in [6.07, 6.45) is 3.80. The lowest BCUT2D eigenvalue weighted by atomic mass is 10.1. The molecule has 0 radical (unpaired) electrons. The van der Waals surface area contributed by atoms with Crippen LogP contribution in [-0.4, -0.2) is 78.5 Å². The van der Waals surface area contributed by atoms with E-state index in [-0.39, 0.29) is 26.4 Å². The Morgan fingerprint density at radius 3 is 2.34 bits per heavy atom. The molecule has 0 unspecified atom stereocenters. The molecule has 0 N–H and O–H groups in total. The van der Waals surface area contributed by atoms with Crippen LogP contribution >= 0.6 is 23.2 Å². The zero-order chi connectivity index (χ0) is 21.3. The lowest BCUT2D eigenvalue weighted by Crippen LogP contribution is -2.48. The van der Waals surface area contributed by atoms with Crippen LogP contribution < -0.4 is 0 Å². The van der Waals surface area contributed by atoms with Crippen molar-refractivity contribution in [2.24, 2.45) is 7.05 Å². The van der Waals surface area contributed by atoms with Crippen LogP contribution in [0.4, 0.5) is 0 Å². The van der Waals surface area contributed by atoms with E-state index >= 15 is 0 Å². The second-order valence-electron chi connectivity index (χ2n) is 7.14. The molecule has 8 nitrogen and oxygen atoms in total. The molecule has 1 amide bonds. The number of carbonyl (C=O) groups excluding carboxylic acids is 1. The number of benzene rings is 1. The van der Waals surface area contributed by atoms with Gasteiger partial charge in [-0.2, -0.15) is 5.10 Å². The standard InChI is InChI=1S/C18H23Cl2N5O3S/c1-22(2)29(27,28)17-8-14(15(19)9-16(17)20)18(26)25-6-4-24(5-7-25)12-13-10-21-23(3)11-13/h8-11H,4-7,12H2,1-3H3. The molecule has 1 aromatic heterocycles. The largest absolute Gasteiger partial charge is 0.336 e. The molecule has 1 aliphatic rings. The van der Waals surface area contributed by atoms with Crippen LogP contribution in [-0.2, 0) is 23.6 Å². The predicted octanol–water partition coefficient (Wildman–Crippen LogP) is 1.94. The van der Waals surface area contributed by atoms with Crippen molar-refractivity contribution in [1.29, 1.82) is 0 Å². The van der Waals surface area contributed by atoms with Gasteiger partial charge in [0.2, 0.25) is 10.0 Å². The van der Waals surface area contributed by atoms with Gasteiger partial charge in [0, 0.05) is 65.6 Å². The zero-order valence-electron chi connectivity index (χ0n) is 16.5. The van der Waals surface area contributed by atoms with Crippen molar-refractivity contribution < 1.29 is 13.2 Å². The van der Waals surface area contributed by atoms with E-state index in [9.17, 15) is 13.2 Å². The number of sulfonamides is 1. The molecule has 158 valence electrons. The fourth-order valence-electron chi connectivity index (χ4n) is 3.18. The quantitative estimate of drug-likeness (QED) is 0.682. The van der Waals surface area contributed by atoms with E-state index in [0.717, 1.165) is 16.4 Å². The van der Waals surface area contributed by atoms with E-state index in [0.29, 0.717) is 26.2 Å². The van der Waals surface area contributed by atoms with Crippen molar-refractivity contribution in [1.82, 2.24) is 23.9 Å². The van der Waals surface area contributed by atoms with E-state index < -0.39 is 10.0 Å². The lowest BCUT2D eigenvalue weighted by molar-refractivity contribution is 0.0628. The Bertz CT molecular complexity index is 1010. The first-order valence-corrected chi connectivity index (χ1v) is 11.2. The number of halogens is 2. The Labute approximate surface area is 180 Å². The van der Waals surface area contributed by atoms with Gasteiger partial charge in [0.1, 0.15) is 4.90 Å². The van der Waals surface area contributed by atoms with Gasteiger partial charge in [0.25, 0.3) is 5.91 Å². The highest BCUT2D eigenvalue weighted by atomic mass is 35.5. The molecule has 11 heteroatoms. The third-order valence-electron chi connectivity index (χ3n) is 4.83. The van der Waals surface area contributed by atoms with Gasteiger partial charge in [-0.3, -0.25) is 14.4 Å². The number of rotatable bonds is 5. The highest BCUT2D eigenvalue weighted by molar-refractivity contribution is 7.89. The molecule has 2 aromatic rings. The summed E-state index contributed by atoms with van der Waals surface area (Å²) < 4.78 is 27.8. The minimum absolute atomic E-state index is 0.0125. The maximum absolute atomic E-state index is 13.0. The summed E-state index contributed by atoms with van der Waals surface area (Å²) in [7, 11) is 0.891. The van der Waals surface area contributed by atoms with Gasteiger partial charge in [-0.25, -0.2) is 12.7 Å². The minimum atomic E-state index is -3.80. The second-order valence-corrected chi connectivity index (χ2v) is 10.1. The van der Waals surface area contributed by atoms with Gasteiger partial charge in [-0.1, -0.05) is 23.2 Å². The molecule has 1 aliphatic heterocycles. The molecule has 29 heavy (non-hydrogen) atoms. The highest BCUT2D eigenvalue weighted by Gasteiger charge is 2.28. The smallest absolute Gasteiger partial charge is 0.255 e. The van der Waals surface area contributed by atoms with Crippen molar-refractivity contribution >= 4 is 39.1 Å². The molecule has 0 bridgehead atoms. The third-order valence-corrected chi connectivity index (χ3v) is 7.43. The molecule has 0 atom stereocenters. The van der Waals surface area contributed by atoms with Gasteiger partial charge in [0.05, 0.1) is 21.8 Å². The van der Waals surface area contributed by atoms with Crippen LogP contribution in [0.1, 0.15) is 15.9 Å². The summed E-state index contributed by atoms with van der Waals surface area (Å²) in [4.78, 5) is 16.8. The van der Waals surface area contributed by atoms with Gasteiger partial charge in [-0.15, -0.1) is 0 Å². The Hall–Kier alpha value is -1.65. The van der Waals surface area contributed by atoms with Gasteiger partial charge in [-0.05, 0) is 12.1 Å². The maximum Gasteiger partial charge on any atom is 0.255 e. The number of carbonyl (C=O) groups is 1. The molecule has 1 saturated heterocycles. The molecule has 2 heterocycles. The van der Waals surface area contributed by atoms with Crippen LogP contribution in [0.15, 0.2) is 29.4 Å². The SMILES string of the molecule is CN(C)S(=O)(=O)c1cc(C(=O)N2CCN(Cc3cnn(C)c3)CC2)c(Cl)cc1Cl. The number of hydrogen-bond donors (Lipinski definition) is 0. The van der Waals surface area contributed by atoms with Crippen molar-refractivity contribution in [3.63, 3.8) is 0 Å². The average molecular weight is 460 g/mol. The van der Waals surface area contributed by atoms with Gasteiger partial charge in [0.15, 0.2) is 0 Å². The molecule has 0 saturated carbocycles. The first-order chi connectivity index (χ1) is 13.6. The Morgan fingerprint density at radius 1 is 1.14 bits per heavy atom. The fraction of sp³-hybridized carbons (Fsp3) is 0.444. The fourth-order valence-corrected chi connectivity index (χ4v) is 4.90. The summed E-state index contributed by atoms with van der Waals surface area (Å²) >= 11 is 12.3. The first kappa shape index (κ1) is 22.0. The van der Waals surface area contributed by atoms with E-state index in [1.165, 1.54) is 26.2 Å². The van der Waals surface area contributed by atoms with Crippen LogP contribution in [0.2, 0.25) is 10.0 Å². The maximum atomic E-state index is 13.0. The zero-order valence-corrected chi connectivity index (χ0v) is 18.8. The number of aryl methyl sites for hydroxylation is 1. The summed E-state index contributed by atoms with van der Waals surface area (Å²) in [5.74, 6) is -0.303. The highest BCUT2D eigenvalue weighted by Crippen LogP contribution is 2.31. The number of hydrogen-bond acceptors (Lipinski definition) is 5. The molecular formula is C18H23Cl2N5O3S. The van der Waals surface area contributed by atoms with E-state index in [4.69, 9.17) is 23.2 Å². The van der Waals surface area contributed by atoms with Gasteiger partial charge >= 0.3 is 0 Å². The van der Waals surface area contributed by atoms with Crippen molar-refractivity contribution in [2.45, 2.75) is 11.4 Å². The molecule has 0 aliphatic carbocycles. The summed E-state index contributed by atoms with van der Waals surface area (Å²) in [5, 5.41) is 4.29. The Kier molecular flexibility index (Phi) is 6.54. The van der Waals surface area contributed by atoms with Gasteiger partial charge < -0.3 is 4.90 Å². The van der Waals surface area contributed by atoms with Crippen molar-refractivity contribution in [3.05, 3.63) is 45.7 Å². The lowest BCUT2D eigenvalue weighted by Gasteiger charge is -2.34. The Balaban J connectivity index is 1.74.